The molecule has 168 valence electrons. The highest BCUT2D eigenvalue weighted by Crippen LogP contribution is 2.29. The predicted molar refractivity (Wildman–Crippen MR) is 108 cm³/mol. The van der Waals surface area contributed by atoms with Gasteiger partial charge in [0.15, 0.2) is 11.6 Å². The van der Waals surface area contributed by atoms with E-state index in [2.05, 4.69) is 9.97 Å². The Morgan fingerprint density at radius 3 is 2.45 bits per heavy atom. The molecule has 2 heterocycles. The quantitative estimate of drug-likeness (QED) is 0.652. The maximum atomic E-state index is 14.6. The van der Waals surface area contributed by atoms with Crippen LogP contribution >= 0.6 is 0 Å². The van der Waals surface area contributed by atoms with Crippen molar-refractivity contribution in [2.45, 2.75) is 64.7 Å². The van der Waals surface area contributed by atoms with Gasteiger partial charge in [0.1, 0.15) is 30.1 Å². The van der Waals surface area contributed by atoms with E-state index < -0.39 is 41.3 Å². The molecule has 1 aromatic heterocycles. The van der Waals surface area contributed by atoms with E-state index in [-0.39, 0.29) is 30.6 Å². The number of ether oxygens (including phenoxy) is 2. The van der Waals surface area contributed by atoms with E-state index in [4.69, 9.17) is 9.47 Å². The minimum Gasteiger partial charge on any atom is -0.447 e. The molecule has 3 rings (SSSR count). The molecule has 0 saturated carbocycles. The van der Waals surface area contributed by atoms with Crippen LogP contribution in [-0.4, -0.2) is 40.4 Å². The van der Waals surface area contributed by atoms with Crippen LogP contribution in [0.2, 0.25) is 0 Å². The normalized spacial score (nSPS) is 18.8. The second-order valence-electron chi connectivity index (χ2n) is 8.72. The van der Waals surface area contributed by atoms with E-state index in [9.17, 15) is 18.0 Å². The Morgan fingerprint density at radius 2 is 1.84 bits per heavy atom. The first-order chi connectivity index (χ1) is 14.4. The molecule has 1 aliphatic heterocycles. The zero-order valence-corrected chi connectivity index (χ0v) is 18.2. The largest absolute Gasteiger partial charge is 0.447 e. The molecule has 0 aliphatic carbocycles. The first kappa shape index (κ1) is 23.0. The molecule has 2 aromatic rings. The number of amides is 1. The summed E-state index contributed by atoms with van der Waals surface area (Å²) in [6.45, 7) is 9.22. The maximum Gasteiger partial charge on any atom is 0.416 e. The van der Waals surface area contributed by atoms with Crippen molar-refractivity contribution < 1.29 is 27.4 Å². The average Bonchev–Trinajstić information content (AvgIpc) is 3.02. The first-order valence-corrected chi connectivity index (χ1v) is 10.1. The van der Waals surface area contributed by atoms with Crippen molar-refractivity contribution in [3.63, 3.8) is 0 Å². The second-order valence-corrected chi connectivity index (χ2v) is 8.72. The molecule has 0 radical (unpaired) electrons. The first-order valence-electron chi connectivity index (χ1n) is 10.1. The zero-order chi connectivity index (χ0) is 22.9. The van der Waals surface area contributed by atoms with Crippen LogP contribution in [0.1, 0.15) is 51.9 Å². The lowest BCUT2D eigenvalue weighted by Gasteiger charge is -2.31. The summed E-state index contributed by atoms with van der Waals surface area (Å²) >= 11 is 0. The van der Waals surface area contributed by atoms with Crippen LogP contribution in [0.5, 0.6) is 0 Å². The number of benzene rings is 1. The Bertz CT molecular complexity index is 944. The van der Waals surface area contributed by atoms with Gasteiger partial charge in [-0.2, -0.15) is 0 Å². The van der Waals surface area contributed by atoms with Crippen LogP contribution in [0, 0.1) is 17.5 Å². The number of rotatable bonds is 6. The maximum absolute atomic E-state index is 14.6. The van der Waals surface area contributed by atoms with Gasteiger partial charge >= 0.3 is 6.09 Å². The standard InChI is InChI=1S/C22H26F3N3O3/c1-12(14-7-15(23)9-16(24)8-14)6-19-26-10-17(25)20(27-19)28-18(11-30-21(28)29)13(2)31-22(3,4)5/h7-10,12-13,18H,6,11H2,1-5H3/t12-,13-,18-/m1/s1. The van der Waals surface area contributed by atoms with E-state index in [1.165, 1.54) is 12.1 Å². The van der Waals surface area contributed by atoms with Gasteiger partial charge in [-0.1, -0.05) is 6.92 Å². The highest BCUT2D eigenvalue weighted by molar-refractivity contribution is 5.89. The molecule has 3 atom stereocenters. The van der Waals surface area contributed by atoms with Crippen molar-refractivity contribution in [2.75, 3.05) is 11.5 Å². The zero-order valence-electron chi connectivity index (χ0n) is 18.2. The summed E-state index contributed by atoms with van der Waals surface area (Å²) in [6, 6.07) is 2.69. The topological polar surface area (TPSA) is 64.6 Å². The molecule has 1 saturated heterocycles. The van der Waals surface area contributed by atoms with E-state index in [0.717, 1.165) is 17.2 Å². The van der Waals surface area contributed by atoms with Crippen molar-refractivity contribution in [3.05, 3.63) is 53.2 Å². The van der Waals surface area contributed by atoms with Gasteiger partial charge in [-0.05, 0) is 51.3 Å². The van der Waals surface area contributed by atoms with Crippen molar-refractivity contribution in [1.82, 2.24) is 9.97 Å². The van der Waals surface area contributed by atoms with Crippen molar-refractivity contribution in [2.24, 2.45) is 0 Å². The summed E-state index contributed by atoms with van der Waals surface area (Å²) in [5.41, 5.74) is -0.0421. The Hall–Kier alpha value is -2.68. The minimum absolute atomic E-state index is 0.0355. The molecule has 0 spiro atoms. The van der Waals surface area contributed by atoms with Crippen LogP contribution in [0.15, 0.2) is 24.4 Å². The van der Waals surface area contributed by atoms with Crippen LogP contribution in [0.3, 0.4) is 0 Å². The average molecular weight is 437 g/mol. The van der Waals surface area contributed by atoms with Crippen LogP contribution in [0.25, 0.3) is 0 Å². The summed E-state index contributed by atoms with van der Waals surface area (Å²) in [6.07, 6.45) is 0.00308. The SMILES string of the molecule is C[C@H](Cc1ncc(F)c(N2C(=O)OC[C@@H]2[C@@H](C)OC(C)(C)C)n1)c1cc(F)cc(F)c1. The molecule has 31 heavy (non-hydrogen) atoms. The van der Waals surface area contributed by atoms with Gasteiger partial charge in [-0.3, -0.25) is 0 Å². The van der Waals surface area contributed by atoms with Crippen molar-refractivity contribution in [1.29, 1.82) is 0 Å². The Morgan fingerprint density at radius 1 is 1.19 bits per heavy atom. The van der Waals surface area contributed by atoms with Crippen LogP contribution in [0.4, 0.5) is 23.8 Å². The summed E-state index contributed by atoms with van der Waals surface area (Å²) in [5, 5.41) is 0. The molecule has 1 aromatic carbocycles. The highest BCUT2D eigenvalue weighted by Gasteiger charge is 2.41. The number of anilines is 1. The summed E-state index contributed by atoms with van der Waals surface area (Å²) < 4.78 is 52.8. The van der Waals surface area contributed by atoms with Crippen LogP contribution in [-0.2, 0) is 15.9 Å². The number of carbonyl (C=O) groups excluding carboxylic acids is 1. The minimum atomic E-state index is -0.778. The van der Waals surface area contributed by atoms with Gasteiger partial charge in [0, 0.05) is 12.5 Å². The van der Waals surface area contributed by atoms with Gasteiger partial charge in [-0.15, -0.1) is 0 Å². The summed E-state index contributed by atoms with van der Waals surface area (Å²) in [5.74, 6) is -2.46. The molecule has 1 amide bonds. The molecule has 9 heteroatoms. The third kappa shape index (κ3) is 5.52. The predicted octanol–water partition coefficient (Wildman–Crippen LogP) is 4.77. The van der Waals surface area contributed by atoms with Gasteiger partial charge in [-0.25, -0.2) is 32.8 Å². The van der Waals surface area contributed by atoms with Gasteiger partial charge < -0.3 is 9.47 Å². The van der Waals surface area contributed by atoms with Gasteiger partial charge in [0.25, 0.3) is 0 Å². The van der Waals surface area contributed by atoms with Gasteiger partial charge in [0.05, 0.1) is 17.9 Å². The third-order valence-corrected chi connectivity index (χ3v) is 4.93. The smallest absolute Gasteiger partial charge is 0.416 e. The summed E-state index contributed by atoms with van der Waals surface area (Å²) in [7, 11) is 0. The molecule has 0 N–H and O–H groups in total. The van der Waals surface area contributed by atoms with Crippen LogP contribution < -0.4 is 4.90 Å². The Labute approximate surface area is 179 Å². The fourth-order valence-corrected chi connectivity index (χ4v) is 3.57. The highest BCUT2D eigenvalue weighted by atomic mass is 19.1. The molecule has 1 aliphatic rings. The number of hydrogen-bond donors (Lipinski definition) is 0. The van der Waals surface area contributed by atoms with E-state index in [1.54, 1.807) is 13.8 Å². The number of cyclic esters (lactones) is 1. The lowest BCUT2D eigenvalue weighted by Crippen LogP contribution is -2.45. The molecule has 6 nitrogen and oxygen atoms in total. The van der Waals surface area contributed by atoms with Crippen molar-refractivity contribution in [3.8, 4) is 0 Å². The fraction of sp³-hybridized carbons (Fsp3) is 0.500. The molecule has 1 fully saturated rings. The van der Waals surface area contributed by atoms with E-state index >= 15 is 0 Å². The monoisotopic (exact) mass is 437 g/mol. The van der Waals surface area contributed by atoms with E-state index in [0.29, 0.717) is 5.56 Å². The van der Waals surface area contributed by atoms with Crippen molar-refractivity contribution >= 4 is 11.9 Å². The Balaban J connectivity index is 1.86. The van der Waals surface area contributed by atoms with E-state index in [1.807, 2.05) is 20.8 Å². The third-order valence-electron chi connectivity index (χ3n) is 4.93. The number of aromatic nitrogens is 2. The lowest BCUT2D eigenvalue weighted by molar-refractivity contribution is -0.0618. The number of carbonyl (C=O) groups is 1. The lowest BCUT2D eigenvalue weighted by atomic mass is 9.97. The number of halogens is 3. The second kappa shape index (κ2) is 8.82. The molecule has 0 unspecified atom stereocenters. The molecular weight excluding hydrogens is 411 g/mol. The number of hydrogen-bond acceptors (Lipinski definition) is 5. The Kier molecular flexibility index (Phi) is 6.54. The number of nitrogens with zero attached hydrogens (tertiary/aromatic N) is 3. The fourth-order valence-electron chi connectivity index (χ4n) is 3.57. The molecular formula is C22H26F3N3O3. The van der Waals surface area contributed by atoms with Gasteiger partial charge in [0.2, 0.25) is 0 Å². The molecule has 0 bridgehead atoms. The summed E-state index contributed by atoms with van der Waals surface area (Å²) in [4.78, 5) is 21.7.